The quantitative estimate of drug-likeness (QED) is 0.649. The van der Waals surface area contributed by atoms with Gasteiger partial charge in [0.1, 0.15) is 5.78 Å². The fourth-order valence-electron chi connectivity index (χ4n) is 4.04. The van der Waals surface area contributed by atoms with Crippen molar-refractivity contribution in [3.63, 3.8) is 0 Å². The number of rotatable bonds is 1. The van der Waals surface area contributed by atoms with Gasteiger partial charge in [-0.25, -0.2) is 0 Å². The third-order valence-electron chi connectivity index (χ3n) is 5.56. The Morgan fingerprint density at radius 2 is 1.81 bits per heavy atom. The normalized spacial score (nSPS) is 42.5. The van der Waals surface area contributed by atoms with Gasteiger partial charge in [-0.3, -0.25) is 4.79 Å². The lowest BCUT2D eigenvalue weighted by atomic mass is 9.53. The number of ketones is 1. The van der Waals surface area contributed by atoms with Crippen LogP contribution in [0.1, 0.15) is 66.2 Å². The smallest absolute Gasteiger partial charge is 0.135 e. The van der Waals surface area contributed by atoms with Crippen LogP contribution in [0, 0.1) is 22.7 Å². The second kappa shape index (κ2) is 3.85. The lowest BCUT2D eigenvalue weighted by Crippen LogP contribution is -2.44. The molecule has 0 amide bonds. The van der Waals surface area contributed by atoms with E-state index in [0.29, 0.717) is 11.2 Å². The van der Waals surface area contributed by atoms with E-state index < -0.39 is 0 Å². The lowest BCUT2D eigenvalue weighted by Gasteiger charge is -2.51. The molecular weight excluding hydrogens is 196 g/mol. The summed E-state index contributed by atoms with van der Waals surface area (Å²) in [6.45, 7) is 8.80. The summed E-state index contributed by atoms with van der Waals surface area (Å²) in [6, 6.07) is 0. The van der Waals surface area contributed by atoms with Gasteiger partial charge in [0, 0.05) is 5.41 Å². The standard InChI is InChI=1S/C15H26O/c1-11(16)15(4)9-7-12-6-5-8-14(2,3)13(12)10-15/h12-13H,5-10H2,1-4H3/t12-,13-,15+/m1/s1. The van der Waals surface area contributed by atoms with Crippen molar-refractivity contribution >= 4 is 5.78 Å². The van der Waals surface area contributed by atoms with E-state index in [9.17, 15) is 4.79 Å². The minimum absolute atomic E-state index is 0.0181. The summed E-state index contributed by atoms with van der Waals surface area (Å²) >= 11 is 0. The average Bonchev–Trinajstić information content (AvgIpc) is 2.19. The zero-order valence-electron chi connectivity index (χ0n) is 11.3. The van der Waals surface area contributed by atoms with Crippen LogP contribution in [0.25, 0.3) is 0 Å². The Labute approximate surface area is 100.0 Å². The van der Waals surface area contributed by atoms with E-state index in [4.69, 9.17) is 0 Å². The molecule has 2 rings (SSSR count). The topological polar surface area (TPSA) is 17.1 Å². The van der Waals surface area contributed by atoms with E-state index >= 15 is 0 Å². The number of fused-ring (bicyclic) bond motifs is 1. The molecule has 2 fully saturated rings. The molecule has 2 saturated carbocycles. The molecule has 16 heavy (non-hydrogen) atoms. The molecule has 1 nitrogen and oxygen atoms in total. The summed E-state index contributed by atoms with van der Waals surface area (Å²) in [5.74, 6) is 2.09. The Hall–Kier alpha value is -0.330. The van der Waals surface area contributed by atoms with E-state index in [1.807, 2.05) is 0 Å². The fourth-order valence-corrected chi connectivity index (χ4v) is 4.04. The van der Waals surface area contributed by atoms with Gasteiger partial charge < -0.3 is 0 Å². The predicted octanol–water partition coefficient (Wildman–Crippen LogP) is 4.21. The van der Waals surface area contributed by atoms with Crippen molar-refractivity contribution in [1.29, 1.82) is 0 Å². The Morgan fingerprint density at radius 1 is 1.12 bits per heavy atom. The largest absolute Gasteiger partial charge is 0.299 e. The van der Waals surface area contributed by atoms with Gasteiger partial charge in [-0.1, -0.05) is 33.6 Å². The minimum Gasteiger partial charge on any atom is -0.299 e. The van der Waals surface area contributed by atoms with Crippen molar-refractivity contribution in [2.45, 2.75) is 66.2 Å². The van der Waals surface area contributed by atoms with Gasteiger partial charge in [-0.2, -0.15) is 0 Å². The highest BCUT2D eigenvalue weighted by molar-refractivity contribution is 5.82. The summed E-state index contributed by atoms with van der Waals surface area (Å²) in [5.41, 5.74) is 0.440. The molecule has 0 aromatic carbocycles. The van der Waals surface area contributed by atoms with Gasteiger partial charge in [-0.15, -0.1) is 0 Å². The third kappa shape index (κ3) is 1.94. The summed E-state index contributed by atoms with van der Waals surface area (Å²) in [4.78, 5) is 11.8. The summed E-state index contributed by atoms with van der Waals surface area (Å²) in [5, 5.41) is 0. The predicted molar refractivity (Wildman–Crippen MR) is 67.3 cm³/mol. The van der Waals surface area contributed by atoms with Gasteiger partial charge in [0.15, 0.2) is 0 Å². The number of hydrogen-bond acceptors (Lipinski definition) is 1. The molecule has 0 heterocycles. The zero-order chi connectivity index (χ0) is 12.0. The van der Waals surface area contributed by atoms with Gasteiger partial charge >= 0.3 is 0 Å². The highest BCUT2D eigenvalue weighted by Crippen LogP contribution is 2.55. The minimum atomic E-state index is -0.0181. The number of hydrogen-bond donors (Lipinski definition) is 0. The van der Waals surface area contributed by atoms with Crippen LogP contribution >= 0.6 is 0 Å². The van der Waals surface area contributed by atoms with Crippen LogP contribution in [-0.4, -0.2) is 5.78 Å². The maximum absolute atomic E-state index is 11.8. The maximum atomic E-state index is 11.8. The molecule has 0 aliphatic heterocycles. The van der Waals surface area contributed by atoms with E-state index in [-0.39, 0.29) is 5.41 Å². The molecule has 0 aromatic rings. The van der Waals surface area contributed by atoms with E-state index in [0.717, 1.165) is 24.7 Å². The molecule has 0 radical (unpaired) electrons. The van der Waals surface area contributed by atoms with Crippen molar-refractivity contribution in [3.05, 3.63) is 0 Å². The van der Waals surface area contributed by atoms with Gasteiger partial charge in [0.05, 0.1) is 0 Å². The van der Waals surface area contributed by atoms with E-state index in [1.54, 1.807) is 6.92 Å². The number of carbonyl (C=O) groups excluding carboxylic acids is 1. The SMILES string of the molecule is CC(=O)[C@@]1(C)CC[C@H]2CCCC(C)(C)[C@@H]2C1. The Bertz CT molecular complexity index is 292. The molecule has 92 valence electrons. The summed E-state index contributed by atoms with van der Waals surface area (Å²) in [7, 11) is 0. The number of Topliss-reactive ketones (excluding diaryl/α,β-unsaturated/α-hetero) is 1. The first-order valence-electron chi connectivity index (χ1n) is 6.86. The number of carbonyl (C=O) groups is 1. The second-order valence-electron chi connectivity index (χ2n) is 7.11. The zero-order valence-corrected chi connectivity index (χ0v) is 11.3. The third-order valence-corrected chi connectivity index (χ3v) is 5.56. The highest BCUT2D eigenvalue weighted by Gasteiger charge is 2.47. The van der Waals surface area contributed by atoms with Crippen LogP contribution in [0.3, 0.4) is 0 Å². The molecule has 0 aromatic heterocycles. The van der Waals surface area contributed by atoms with Gasteiger partial charge in [-0.05, 0) is 49.9 Å². The molecule has 1 heteroatoms. The van der Waals surface area contributed by atoms with Crippen molar-refractivity contribution in [2.75, 3.05) is 0 Å². The first-order valence-corrected chi connectivity index (χ1v) is 6.86. The van der Waals surface area contributed by atoms with Crippen LogP contribution in [0.15, 0.2) is 0 Å². The Balaban J connectivity index is 2.19. The van der Waals surface area contributed by atoms with Crippen molar-refractivity contribution in [1.82, 2.24) is 0 Å². The van der Waals surface area contributed by atoms with E-state index in [2.05, 4.69) is 20.8 Å². The molecule has 0 saturated heterocycles. The Morgan fingerprint density at radius 3 is 2.44 bits per heavy atom. The second-order valence-corrected chi connectivity index (χ2v) is 7.11. The molecular formula is C15H26O. The van der Waals surface area contributed by atoms with Gasteiger partial charge in [0.2, 0.25) is 0 Å². The molecule has 0 spiro atoms. The molecule has 0 bridgehead atoms. The van der Waals surface area contributed by atoms with Crippen LogP contribution in [0.2, 0.25) is 0 Å². The maximum Gasteiger partial charge on any atom is 0.135 e. The van der Waals surface area contributed by atoms with Crippen LogP contribution in [-0.2, 0) is 4.79 Å². The van der Waals surface area contributed by atoms with Crippen LogP contribution in [0.4, 0.5) is 0 Å². The lowest BCUT2D eigenvalue weighted by molar-refractivity contribution is -0.131. The molecule has 0 unspecified atom stereocenters. The summed E-state index contributed by atoms with van der Waals surface area (Å²) < 4.78 is 0. The van der Waals surface area contributed by atoms with Gasteiger partial charge in [0.25, 0.3) is 0 Å². The molecule has 2 aliphatic carbocycles. The fraction of sp³-hybridized carbons (Fsp3) is 0.933. The van der Waals surface area contributed by atoms with Crippen molar-refractivity contribution in [2.24, 2.45) is 22.7 Å². The molecule has 3 atom stereocenters. The van der Waals surface area contributed by atoms with E-state index in [1.165, 1.54) is 25.7 Å². The van der Waals surface area contributed by atoms with Crippen LogP contribution in [0.5, 0.6) is 0 Å². The average molecular weight is 222 g/mol. The first kappa shape index (κ1) is 12.1. The monoisotopic (exact) mass is 222 g/mol. The van der Waals surface area contributed by atoms with Crippen LogP contribution < -0.4 is 0 Å². The Kier molecular flexibility index (Phi) is 2.92. The van der Waals surface area contributed by atoms with Crippen molar-refractivity contribution in [3.8, 4) is 0 Å². The first-order chi connectivity index (χ1) is 7.35. The molecule has 2 aliphatic rings. The summed E-state index contributed by atoms with van der Waals surface area (Å²) in [6.07, 6.45) is 7.69. The van der Waals surface area contributed by atoms with Crippen molar-refractivity contribution < 1.29 is 4.79 Å². The molecule has 0 N–H and O–H groups in total. The highest BCUT2D eigenvalue weighted by atomic mass is 16.1.